The number of hydrogen-bond donors (Lipinski definition) is 4. The number of aliphatic hydroxyl groups is 4. The molecule has 0 amide bonds. The predicted molar refractivity (Wildman–Crippen MR) is 82.5 cm³/mol. The maximum absolute atomic E-state index is 10.4. The van der Waals surface area contributed by atoms with Crippen LogP contribution in [0.3, 0.4) is 0 Å². The SMILES string of the molecule is COc1cc(/C=C/C=O)ccc1OC1O[C@H](CO)[C@@H](O)[C@H](O)[C@H]1O. The van der Waals surface area contributed by atoms with Gasteiger partial charge in [-0.1, -0.05) is 12.1 Å². The highest BCUT2D eigenvalue weighted by Gasteiger charge is 2.44. The van der Waals surface area contributed by atoms with E-state index in [0.29, 0.717) is 17.6 Å². The van der Waals surface area contributed by atoms with Crippen molar-refractivity contribution >= 4 is 12.4 Å². The summed E-state index contributed by atoms with van der Waals surface area (Å²) in [5.41, 5.74) is 0.695. The monoisotopic (exact) mass is 340 g/mol. The van der Waals surface area contributed by atoms with Gasteiger partial charge in [0.15, 0.2) is 11.5 Å². The van der Waals surface area contributed by atoms with Gasteiger partial charge >= 0.3 is 0 Å². The van der Waals surface area contributed by atoms with Crippen molar-refractivity contribution in [3.05, 3.63) is 29.8 Å². The molecule has 132 valence electrons. The van der Waals surface area contributed by atoms with E-state index in [1.54, 1.807) is 24.3 Å². The third-order valence-electron chi connectivity index (χ3n) is 3.65. The fourth-order valence-corrected chi connectivity index (χ4v) is 2.33. The standard InChI is InChI=1S/C16H20O8/c1-22-11-7-9(3-2-6-17)4-5-10(11)23-16-15(21)14(20)13(19)12(8-18)24-16/h2-7,12-16,18-21H,8H2,1H3/b3-2+/t12-,13-,14+,15-,16?/m1/s1. The molecule has 1 aromatic carbocycles. The van der Waals surface area contributed by atoms with Gasteiger partial charge in [-0.05, 0) is 23.8 Å². The second-order valence-corrected chi connectivity index (χ2v) is 5.22. The van der Waals surface area contributed by atoms with Crippen LogP contribution in [-0.4, -0.2) is 71.1 Å². The van der Waals surface area contributed by atoms with Gasteiger partial charge in [-0.3, -0.25) is 4.79 Å². The summed E-state index contributed by atoms with van der Waals surface area (Å²) in [5, 5.41) is 38.7. The minimum Gasteiger partial charge on any atom is -0.493 e. The van der Waals surface area contributed by atoms with E-state index in [1.807, 2.05) is 0 Å². The summed E-state index contributed by atoms with van der Waals surface area (Å²) in [4.78, 5) is 10.4. The van der Waals surface area contributed by atoms with Crippen LogP contribution in [0.2, 0.25) is 0 Å². The van der Waals surface area contributed by atoms with Crippen molar-refractivity contribution in [2.45, 2.75) is 30.7 Å². The van der Waals surface area contributed by atoms with Gasteiger partial charge in [0.05, 0.1) is 13.7 Å². The zero-order chi connectivity index (χ0) is 17.7. The molecular formula is C16H20O8. The van der Waals surface area contributed by atoms with E-state index in [-0.39, 0.29) is 5.75 Å². The summed E-state index contributed by atoms with van der Waals surface area (Å²) in [6, 6.07) is 4.81. The Balaban J connectivity index is 2.20. The average molecular weight is 340 g/mol. The highest BCUT2D eigenvalue weighted by atomic mass is 16.7. The molecule has 1 unspecified atom stereocenters. The highest BCUT2D eigenvalue weighted by molar-refractivity contribution is 5.74. The topological polar surface area (TPSA) is 126 Å². The Morgan fingerprint density at radius 3 is 2.54 bits per heavy atom. The lowest BCUT2D eigenvalue weighted by Gasteiger charge is -2.39. The maximum atomic E-state index is 10.4. The lowest BCUT2D eigenvalue weighted by Crippen LogP contribution is -2.60. The Labute approximate surface area is 138 Å². The van der Waals surface area contributed by atoms with E-state index in [9.17, 15) is 25.2 Å². The lowest BCUT2D eigenvalue weighted by atomic mass is 9.99. The quantitative estimate of drug-likeness (QED) is 0.387. The van der Waals surface area contributed by atoms with Crippen LogP contribution in [0.5, 0.6) is 11.5 Å². The second-order valence-electron chi connectivity index (χ2n) is 5.22. The number of aldehydes is 1. The van der Waals surface area contributed by atoms with Crippen LogP contribution in [0, 0.1) is 0 Å². The Hall–Kier alpha value is -1.97. The van der Waals surface area contributed by atoms with Crippen LogP contribution >= 0.6 is 0 Å². The van der Waals surface area contributed by atoms with Gasteiger partial charge in [0.2, 0.25) is 6.29 Å². The minimum absolute atomic E-state index is 0.227. The molecule has 5 atom stereocenters. The Bertz CT molecular complexity index is 585. The molecule has 1 aliphatic heterocycles. The van der Waals surface area contributed by atoms with E-state index >= 15 is 0 Å². The van der Waals surface area contributed by atoms with Crippen LogP contribution in [0.1, 0.15) is 5.56 Å². The number of benzene rings is 1. The summed E-state index contributed by atoms with van der Waals surface area (Å²) in [5.74, 6) is 0.546. The van der Waals surface area contributed by atoms with Crippen LogP contribution in [0.4, 0.5) is 0 Å². The molecule has 8 heteroatoms. The summed E-state index contributed by atoms with van der Waals surface area (Å²) in [6.07, 6.45) is -3.31. The van der Waals surface area contributed by atoms with Crippen molar-refractivity contribution in [2.24, 2.45) is 0 Å². The van der Waals surface area contributed by atoms with Gasteiger partial charge < -0.3 is 34.6 Å². The Morgan fingerprint density at radius 2 is 1.92 bits per heavy atom. The summed E-state index contributed by atoms with van der Waals surface area (Å²) < 4.78 is 16.0. The van der Waals surface area contributed by atoms with Gasteiger partial charge in [0.1, 0.15) is 30.7 Å². The van der Waals surface area contributed by atoms with Crippen molar-refractivity contribution in [1.29, 1.82) is 0 Å². The first kappa shape index (κ1) is 18.4. The molecule has 1 heterocycles. The molecule has 0 bridgehead atoms. The number of aliphatic hydroxyl groups excluding tert-OH is 4. The summed E-state index contributed by atoms with van der Waals surface area (Å²) >= 11 is 0. The number of methoxy groups -OCH3 is 1. The van der Waals surface area contributed by atoms with Gasteiger partial charge in [0, 0.05) is 0 Å². The number of ether oxygens (including phenoxy) is 3. The molecule has 1 aliphatic rings. The van der Waals surface area contributed by atoms with Gasteiger partial charge in [0.25, 0.3) is 0 Å². The van der Waals surface area contributed by atoms with E-state index in [4.69, 9.17) is 14.2 Å². The first-order chi connectivity index (χ1) is 11.5. The van der Waals surface area contributed by atoms with Crippen LogP contribution < -0.4 is 9.47 Å². The molecule has 0 aromatic heterocycles. The number of carbonyl (C=O) groups excluding carboxylic acids is 1. The van der Waals surface area contributed by atoms with Gasteiger partial charge in [-0.2, -0.15) is 0 Å². The Morgan fingerprint density at radius 1 is 1.17 bits per heavy atom. The molecule has 0 spiro atoms. The van der Waals surface area contributed by atoms with Crippen LogP contribution in [-0.2, 0) is 9.53 Å². The molecule has 1 saturated heterocycles. The molecule has 1 fully saturated rings. The highest BCUT2D eigenvalue weighted by Crippen LogP contribution is 2.32. The molecule has 4 N–H and O–H groups in total. The molecule has 1 aromatic rings. The summed E-state index contributed by atoms with van der Waals surface area (Å²) in [6.45, 7) is -0.544. The van der Waals surface area contributed by atoms with Gasteiger partial charge in [-0.25, -0.2) is 0 Å². The smallest absolute Gasteiger partial charge is 0.229 e. The van der Waals surface area contributed by atoms with Crippen molar-refractivity contribution in [2.75, 3.05) is 13.7 Å². The molecule has 8 nitrogen and oxygen atoms in total. The number of carbonyl (C=O) groups is 1. The number of hydrogen-bond acceptors (Lipinski definition) is 8. The molecule has 0 saturated carbocycles. The molecule has 2 rings (SSSR count). The number of rotatable bonds is 6. The first-order valence-corrected chi connectivity index (χ1v) is 7.29. The predicted octanol–water partition coefficient (Wildman–Crippen LogP) is -0.914. The zero-order valence-corrected chi connectivity index (χ0v) is 13.0. The van der Waals surface area contributed by atoms with Gasteiger partial charge in [-0.15, -0.1) is 0 Å². The van der Waals surface area contributed by atoms with Crippen LogP contribution in [0.15, 0.2) is 24.3 Å². The first-order valence-electron chi connectivity index (χ1n) is 7.29. The minimum atomic E-state index is -1.53. The molecule has 0 radical (unpaired) electrons. The lowest BCUT2D eigenvalue weighted by molar-refractivity contribution is -0.277. The fraction of sp³-hybridized carbons (Fsp3) is 0.438. The zero-order valence-electron chi connectivity index (χ0n) is 13.0. The van der Waals surface area contributed by atoms with E-state index in [2.05, 4.69) is 0 Å². The van der Waals surface area contributed by atoms with E-state index < -0.39 is 37.3 Å². The molecular weight excluding hydrogens is 320 g/mol. The molecule has 0 aliphatic carbocycles. The van der Waals surface area contributed by atoms with E-state index in [1.165, 1.54) is 13.2 Å². The average Bonchev–Trinajstić information content (AvgIpc) is 2.61. The normalized spacial score (nSPS) is 30.3. The molecule has 24 heavy (non-hydrogen) atoms. The van der Waals surface area contributed by atoms with Crippen molar-refractivity contribution in [3.8, 4) is 11.5 Å². The van der Waals surface area contributed by atoms with Crippen molar-refractivity contribution in [3.63, 3.8) is 0 Å². The van der Waals surface area contributed by atoms with Crippen LogP contribution in [0.25, 0.3) is 6.08 Å². The van der Waals surface area contributed by atoms with Crippen molar-refractivity contribution in [1.82, 2.24) is 0 Å². The largest absolute Gasteiger partial charge is 0.493 e. The fourth-order valence-electron chi connectivity index (χ4n) is 2.33. The third-order valence-corrected chi connectivity index (χ3v) is 3.65. The Kier molecular flexibility index (Phi) is 6.29. The number of allylic oxidation sites excluding steroid dienone is 1. The second kappa shape index (κ2) is 8.22. The maximum Gasteiger partial charge on any atom is 0.229 e. The third kappa shape index (κ3) is 3.92. The van der Waals surface area contributed by atoms with E-state index in [0.717, 1.165) is 0 Å². The van der Waals surface area contributed by atoms with Crippen molar-refractivity contribution < 1.29 is 39.4 Å². The summed E-state index contributed by atoms with van der Waals surface area (Å²) in [7, 11) is 1.42.